The van der Waals surface area contributed by atoms with Crippen LogP contribution < -0.4 is 15.4 Å². The van der Waals surface area contributed by atoms with Crippen LogP contribution in [0.15, 0.2) is 54.7 Å². The van der Waals surface area contributed by atoms with Crippen LogP contribution in [-0.2, 0) is 11.8 Å². The van der Waals surface area contributed by atoms with Gasteiger partial charge in [-0.1, -0.05) is 11.6 Å². The average Bonchev–Trinajstić information content (AvgIpc) is 3.27. The Morgan fingerprint density at radius 2 is 1.89 bits per heavy atom. The van der Waals surface area contributed by atoms with Gasteiger partial charge in [-0.3, -0.25) is 14.4 Å². The molecule has 2 amide bonds. The molecule has 35 heavy (non-hydrogen) atoms. The van der Waals surface area contributed by atoms with Crippen molar-refractivity contribution in [3.05, 3.63) is 59.8 Å². The minimum Gasteiger partial charge on any atom is -0.492 e. The molecule has 0 bridgehead atoms. The molecule has 2 heterocycles. The number of aryl methyl sites for hydroxylation is 1. The number of urea groups is 1. The number of hydrogen-bond acceptors (Lipinski definition) is 5. The number of carboxylic acid groups (broad SMARTS) is 1. The van der Waals surface area contributed by atoms with Crippen LogP contribution in [-0.4, -0.2) is 58.0 Å². The maximum atomic E-state index is 12.5. The Morgan fingerprint density at radius 3 is 2.60 bits per heavy atom. The van der Waals surface area contributed by atoms with Gasteiger partial charge in [-0.05, 0) is 67.9 Å². The number of ether oxygens (including phenoxy) is 1. The predicted molar refractivity (Wildman–Crippen MR) is 135 cm³/mol. The van der Waals surface area contributed by atoms with E-state index in [0.717, 1.165) is 30.6 Å². The monoisotopic (exact) mass is 497 g/mol. The highest BCUT2D eigenvalue weighted by atomic mass is 35.5. The largest absolute Gasteiger partial charge is 0.492 e. The summed E-state index contributed by atoms with van der Waals surface area (Å²) < 4.78 is 7.85. The highest BCUT2D eigenvalue weighted by Gasteiger charge is 2.25. The van der Waals surface area contributed by atoms with Gasteiger partial charge in [0.25, 0.3) is 0 Å². The van der Waals surface area contributed by atoms with Gasteiger partial charge in [-0.25, -0.2) is 4.79 Å². The number of hydrogen-bond donors (Lipinski definition) is 3. The molecule has 1 aromatic heterocycles. The Morgan fingerprint density at radius 1 is 1.14 bits per heavy atom. The lowest BCUT2D eigenvalue weighted by atomic mass is 9.98. The molecule has 3 N–H and O–H groups in total. The van der Waals surface area contributed by atoms with E-state index in [9.17, 15) is 14.7 Å². The van der Waals surface area contributed by atoms with Crippen LogP contribution in [0.5, 0.6) is 5.75 Å². The van der Waals surface area contributed by atoms with Gasteiger partial charge in [0.2, 0.25) is 0 Å². The molecule has 1 aliphatic rings. The van der Waals surface area contributed by atoms with E-state index < -0.39 is 5.97 Å². The summed E-state index contributed by atoms with van der Waals surface area (Å²) >= 11 is 5.90. The zero-order chi connectivity index (χ0) is 24.8. The van der Waals surface area contributed by atoms with Gasteiger partial charge in [-0.2, -0.15) is 5.10 Å². The molecule has 0 radical (unpaired) electrons. The molecule has 1 saturated heterocycles. The van der Waals surface area contributed by atoms with Gasteiger partial charge in [0.05, 0.1) is 11.6 Å². The average molecular weight is 498 g/mol. The Kier molecular flexibility index (Phi) is 7.89. The fourth-order valence-electron chi connectivity index (χ4n) is 4.14. The summed E-state index contributed by atoms with van der Waals surface area (Å²) in [6, 6.07) is 13.8. The highest BCUT2D eigenvalue weighted by Crippen LogP contribution is 2.32. The predicted octanol–water partition coefficient (Wildman–Crippen LogP) is 4.56. The van der Waals surface area contributed by atoms with Crippen LogP contribution in [0.4, 0.5) is 16.2 Å². The number of piperidine rings is 1. The third-order valence-corrected chi connectivity index (χ3v) is 6.21. The second-order valence-corrected chi connectivity index (χ2v) is 8.90. The maximum Gasteiger partial charge on any atom is 0.323 e. The van der Waals surface area contributed by atoms with Crippen LogP contribution in [0.25, 0.3) is 11.3 Å². The molecule has 0 spiro atoms. The van der Waals surface area contributed by atoms with Crippen molar-refractivity contribution in [2.75, 3.05) is 36.9 Å². The molecule has 184 valence electrons. The van der Waals surface area contributed by atoms with Crippen molar-refractivity contribution in [2.45, 2.75) is 12.8 Å². The lowest BCUT2D eigenvalue weighted by Crippen LogP contribution is -2.40. The Hall–Kier alpha value is -3.56. The molecule has 4 rings (SSSR count). The van der Waals surface area contributed by atoms with E-state index >= 15 is 0 Å². The summed E-state index contributed by atoms with van der Waals surface area (Å²) in [7, 11) is 1.84. The number of carbonyl (C=O) groups excluding carboxylic acids is 1. The van der Waals surface area contributed by atoms with Gasteiger partial charge >= 0.3 is 12.0 Å². The maximum absolute atomic E-state index is 12.5. The van der Waals surface area contributed by atoms with E-state index in [1.807, 2.05) is 25.2 Å². The molecule has 1 aliphatic heterocycles. The zero-order valence-electron chi connectivity index (χ0n) is 19.4. The number of aromatic nitrogens is 2. The quantitative estimate of drug-likeness (QED) is 0.421. The van der Waals surface area contributed by atoms with Gasteiger partial charge < -0.3 is 20.5 Å². The van der Waals surface area contributed by atoms with Crippen LogP contribution in [0, 0.1) is 5.92 Å². The molecular formula is C25H28ClN5O4. The lowest BCUT2D eigenvalue weighted by molar-refractivity contribution is -0.143. The smallest absolute Gasteiger partial charge is 0.323 e. The standard InChI is InChI=1S/C25H28ClN5O4/c1-30-22(10-11-27-30)21-15-20(29-25(34)28-19-6-4-18(26)5-7-19)8-9-23(21)35-14-13-31-12-2-3-17(16-31)24(32)33/h4-11,15,17H,2-3,12-14,16H2,1H3,(H,32,33)(H2,28,29,34)/t17-/m0/s1. The van der Waals surface area contributed by atoms with Crippen molar-refractivity contribution in [3.8, 4) is 17.0 Å². The number of aliphatic carboxylic acids is 1. The number of benzene rings is 2. The summed E-state index contributed by atoms with van der Waals surface area (Å²) in [5.74, 6) is -0.403. The Labute approximate surface area is 208 Å². The first kappa shape index (κ1) is 24.6. The fraction of sp³-hybridized carbons (Fsp3) is 0.320. The Balaban J connectivity index is 1.43. The lowest BCUT2D eigenvalue weighted by Gasteiger charge is -2.30. The van der Waals surface area contributed by atoms with Gasteiger partial charge in [0.15, 0.2) is 0 Å². The SMILES string of the molecule is Cn1nccc1-c1cc(NC(=O)Nc2ccc(Cl)cc2)ccc1OCCN1CCC[C@H](C(=O)O)C1. The molecule has 1 atom stereocenters. The third kappa shape index (κ3) is 6.52. The number of carboxylic acids is 1. The number of nitrogens with one attached hydrogen (secondary N) is 2. The first-order valence-corrected chi connectivity index (χ1v) is 11.8. The van der Waals surface area contributed by atoms with Crippen molar-refractivity contribution in [3.63, 3.8) is 0 Å². The molecule has 0 aliphatic carbocycles. The van der Waals surface area contributed by atoms with E-state index in [-0.39, 0.29) is 11.9 Å². The van der Waals surface area contributed by atoms with Gasteiger partial charge in [-0.15, -0.1) is 0 Å². The number of amides is 2. The second-order valence-electron chi connectivity index (χ2n) is 8.46. The van der Waals surface area contributed by atoms with Crippen molar-refractivity contribution in [1.29, 1.82) is 0 Å². The summed E-state index contributed by atoms with van der Waals surface area (Å²) in [4.78, 5) is 25.9. The number of rotatable bonds is 8. The Bertz CT molecular complexity index is 1180. The first-order chi connectivity index (χ1) is 16.9. The molecule has 9 nitrogen and oxygen atoms in total. The molecule has 10 heteroatoms. The summed E-state index contributed by atoms with van der Waals surface area (Å²) in [6.07, 6.45) is 3.29. The molecular weight excluding hydrogens is 470 g/mol. The van der Waals surface area contributed by atoms with Crippen molar-refractivity contribution < 1.29 is 19.4 Å². The van der Waals surface area contributed by atoms with Crippen molar-refractivity contribution >= 4 is 35.0 Å². The van der Waals surface area contributed by atoms with Crippen LogP contribution in [0.3, 0.4) is 0 Å². The van der Waals surface area contributed by atoms with Crippen LogP contribution in [0.2, 0.25) is 5.02 Å². The van der Waals surface area contributed by atoms with Gasteiger partial charge in [0, 0.05) is 48.3 Å². The minimum absolute atomic E-state index is 0.321. The van der Waals surface area contributed by atoms with E-state index in [1.165, 1.54) is 0 Å². The molecule has 2 aromatic carbocycles. The van der Waals surface area contributed by atoms with E-state index in [1.54, 1.807) is 41.2 Å². The van der Waals surface area contributed by atoms with Crippen LogP contribution >= 0.6 is 11.6 Å². The summed E-state index contributed by atoms with van der Waals surface area (Å²) in [5.41, 5.74) is 2.85. The first-order valence-electron chi connectivity index (χ1n) is 11.4. The molecule has 0 unspecified atom stereocenters. The minimum atomic E-state index is -0.739. The highest BCUT2D eigenvalue weighted by molar-refractivity contribution is 6.30. The molecule has 0 saturated carbocycles. The van der Waals surface area contributed by atoms with Crippen molar-refractivity contribution in [2.24, 2.45) is 13.0 Å². The third-order valence-electron chi connectivity index (χ3n) is 5.96. The summed E-state index contributed by atoms with van der Waals surface area (Å²) in [5, 5.41) is 19.8. The fourth-order valence-corrected chi connectivity index (χ4v) is 4.27. The van der Waals surface area contributed by atoms with Crippen LogP contribution in [0.1, 0.15) is 12.8 Å². The summed E-state index contributed by atoms with van der Waals surface area (Å²) in [6.45, 7) is 2.46. The number of anilines is 2. The molecule has 3 aromatic rings. The topological polar surface area (TPSA) is 109 Å². The number of nitrogens with zero attached hydrogens (tertiary/aromatic N) is 3. The van der Waals surface area contributed by atoms with E-state index in [4.69, 9.17) is 16.3 Å². The van der Waals surface area contributed by atoms with Crippen molar-refractivity contribution in [1.82, 2.24) is 14.7 Å². The molecule has 1 fully saturated rings. The van der Waals surface area contributed by atoms with Gasteiger partial charge in [0.1, 0.15) is 12.4 Å². The number of halogens is 1. The number of likely N-dealkylation sites (tertiary alicyclic amines) is 1. The normalized spacial score (nSPS) is 16.0. The number of carbonyl (C=O) groups is 2. The van der Waals surface area contributed by atoms with E-state index in [2.05, 4.69) is 20.6 Å². The second kappa shape index (κ2) is 11.2. The van der Waals surface area contributed by atoms with E-state index in [0.29, 0.717) is 41.8 Å². The zero-order valence-corrected chi connectivity index (χ0v) is 20.2.